The Hall–Kier alpha value is -2.44. The third kappa shape index (κ3) is 5.27. The highest BCUT2D eigenvalue weighted by Gasteiger charge is 2.10. The molecule has 0 saturated carbocycles. The maximum atomic E-state index is 12.3. The van der Waals surface area contributed by atoms with E-state index in [9.17, 15) is 9.59 Å². The molecular formula is C17H18Cl2N4O2. The Bertz CT molecular complexity index is 769. The van der Waals surface area contributed by atoms with Crippen molar-refractivity contribution < 1.29 is 9.59 Å². The van der Waals surface area contributed by atoms with Gasteiger partial charge in [-0.3, -0.25) is 4.79 Å². The van der Waals surface area contributed by atoms with Gasteiger partial charge in [-0.2, -0.15) is 0 Å². The lowest BCUT2D eigenvalue weighted by atomic mass is 10.2. The summed E-state index contributed by atoms with van der Waals surface area (Å²) in [5.41, 5.74) is 7.35. The SMILES string of the molecule is CC(C)NC(=O)Nc1ccc(C(=O)Nc2cc(Cl)c(N)c(Cl)c2)cc1. The van der Waals surface area contributed by atoms with Crippen molar-refractivity contribution in [1.82, 2.24) is 5.32 Å². The van der Waals surface area contributed by atoms with Crippen molar-refractivity contribution in [3.63, 3.8) is 0 Å². The Labute approximate surface area is 155 Å². The lowest BCUT2D eigenvalue weighted by molar-refractivity contribution is 0.102. The van der Waals surface area contributed by atoms with Crippen LogP contribution in [0, 0.1) is 0 Å². The number of nitrogens with two attached hydrogens (primary N) is 1. The molecule has 6 nitrogen and oxygen atoms in total. The Morgan fingerprint density at radius 3 is 2.04 bits per heavy atom. The molecular weight excluding hydrogens is 363 g/mol. The van der Waals surface area contributed by atoms with E-state index in [-0.39, 0.29) is 33.7 Å². The van der Waals surface area contributed by atoms with Gasteiger partial charge in [0.05, 0.1) is 15.7 Å². The molecule has 0 radical (unpaired) electrons. The molecule has 0 heterocycles. The van der Waals surface area contributed by atoms with Gasteiger partial charge in [-0.05, 0) is 50.2 Å². The van der Waals surface area contributed by atoms with E-state index in [1.807, 2.05) is 13.8 Å². The van der Waals surface area contributed by atoms with E-state index in [1.54, 1.807) is 24.3 Å². The van der Waals surface area contributed by atoms with Gasteiger partial charge in [0.25, 0.3) is 5.91 Å². The highest BCUT2D eigenvalue weighted by molar-refractivity contribution is 6.39. The van der Waals surface area contributed by atoms with Crippen molar-refractivity contribution in [2.24, 2.45) is 0 Å². The summed E-state index contributed by atoms with van der Waals surface area (Å²) in [6, 6.07) is 9.23. The molecule has 0 saturated heterocycles. The number of carbonyl (C=O) groups is 2. The Morgan fingerprint density at radius 1 is 0.960 bits per heavy atom. The minimum absolute atomic E-state index is 0.0311. The summed E-state index contributed by atoms with van der Waals surface area (Å²) in [5.74, 6) is -0.338. The fraction of sp³-hybridized carbons (Fsp3) is 0.176. The monoisotopic (exact) mass is 380 g/mol. The number of rotatable bonds is 4. The molecule has 2 rings (SSSR count). The quantitative estimate of drug-likeness (QED) is 0.593. The maximum absolute atomic E-state index is 12.3. The normalized spacial score (nSPS) is 10.4. The number of carbonyl (C=O) groups excluding carboxylic acids is 2. The van der Waals surface area contributed by atoms with Crippen molar-refractivity contribution >= 4 is 52.2 Å². The Balaban J connectivity index is 2.04. The predicted octanol–water partition coefficient (Wildman–Crippen LogP) is 4.36. The second-order valence-corrected chi connectivity index (χ2v) is 6.45. The number of halogens is 2. The highest BCUT2D eigenvalue weighted by atomic mass is 35.5. The van der Waals surface area contributed by atoms with Crippen LogP contribution in [0.2, 0.25) is 10.0 Å². The van der Waals surface area contributed by atoms with Crippen LogP contribution in [0.5, 0.6) is 0 Å². The van der Waals surface area contributed by atoms with Gasteiger partial charge in [0.15, 0.2) is 0 Å². The van der Waals surface area contributed by atoms with Gasteiger partial charge in [-0.15, -0.1) is 0 Å². The number of nitrogen functional groups attached to an aromatic ring is 1. The van der Waals surface area contributed by atoms with Crippen LogP contribution < -0.4 is 21.7 Å². The summed E-state index contributed by atoms with van der Waals surface area (Å²) in [5, 5.41) is 8.61. The van der Waals surface area contributed by atoms with Gasteiger partial charge in [0, 0.05) is 23.0 Å². The zero-order chi connectivity index (χ0) is 18.6. The smallest absolute Gasteiger partial charge is 0.319 e. The van der Waals surface area contributed by atoms with Crippen LogP contribution in [0.3, 0.4) is 0 Å². The highest BCUT2D eigenvalue weighted by Crippen LogP contribution is 2.31. The molecule has 0 unspecified atom stereocenters. The Kier molecular flexibility index (Phi) is 6.12. The van der Waals surface area contributed by atoms with Crippen molar-refractivity contribution in [1.29, 1.82) is 0 Å². The zero-order valence-corrected chi connectivity index (χ0v) is 15.2. The lowest BCUT2D eigenvalue weighted by Gasteiger charge is -2.11. The fourth-order valence-electron chi connectivity index (χ4n) is 1.99. The summed E-state index contributed by atoms with van der Waals surface area (Å²) in [7, 11) is 0. The van der Waals surface area contributed by atoms with E-state index in [1.165, 1.54) is 12.1 Å². The van der Waals surface area contributed by atoms with Crippen molar-refractivity contribution in [2.75, 3.05) is 16.4 Å². The molecule has 8 heteroatoms. The van der Waals surface area contributed by atoms with Crippen molar-refractivity contribution in [2.45, 2.75) is 19.9 Å². The molecule has 5 N–H and O–H groups in total. The second-order valence-electron chi connectivity index (χ2n) is 5.64. The Morgan fingerprint density at radius 2 is 1.52 bits per heavy atom. The van der Waals surface area contributed by atoms with Crippen LogP contribution >= 0.6 is 23.2 Å². The minimum atomic E-state index is -0.338. The van der Waals surface area contributed by atoms with Crippen LogP contribution in [-0.4, -0.2) is 18.0 Å². The third-order valence-electron chi connectivity index (χ3n) is 3.16. The van der Waals surface area contributed by atoms with E-state index in [0.29, 0.717) is 16.9 Å². The average Bonchev–Trinajstić information content (AvgIpc) is 2.52. The fourth-order valence-corrected chi connectivity index (χ4v) is 2.48. The second kappa shape index (κ2) is 8.09. The number of hydrogen-bond acceptors (Lipinski definition) is 3. The summed E-state index contributed by atoms with van der Waals surface area (Å²) in [6.07, 6.45) is 0. The molecule has 0 aliphatic carbocycles. The molecule has 25 heavy (non-hydrogen) atoms. The van der Waals surface area contributed by atoms with Gasteiger partial charge in [-0.1, -0.05) is 23.2 Å². The van der Waals surface area contributed by atoms with Crippen molar-refractivity contribution in [3.05, 3.63) is 52.0 Å². The number of amides is 3. The standard InChI is InChI=1S/C17H18Cl2N4O2/c1-9(2)21-17(25)23-11-5-3-10(4-6-11)16(24)22-12-7-13(18)15(20)14(19)8-12/h3-9H,20H2,1-2H3,(H,22,24)(H2,21,23,25). The van der Waals surface area contributed by atoms with Crippen LogP contribution in [0.4, 0.5) is 21.9 Å². The van der Waals surface area contributed by atoms with Crippen LogP contribution in [0.15, 0.2) is 36.4 Å². The first-order chi connectivity index (χ1) is 11.8. The topological polar surface area (TPSA) is 96.2 Å². The first kappa shape index (κ1) is 18.9. The molecule has 0 aromatic heterocycles. The molecule has 0 aliphatic rings. The molecule has 0 fully saturated rings. The lowest BCUT2D eigenvalue weighted by Crippen LogP contribution is -2.34. The van der Waals surface area contributed by atoms with Gasteiger partial charge < -0.3 is 21.7 Å². The molecule has 2 aromatic carbocycles. The van der Waals surface area contributed by atoms with Gasteiger partial charge in [0.1, 0.15) is 0 Å². The molecule has 0 spiro atoms. The zero-order valence-electron chi connectivity index (χ0n) is 13.7. The summed E-state index contributed by atoms with van der Waals surface area (Å²) < 4.78 is 0. The van der Waals surface area contributed by atoms with E-state index in [2.05, 4.69) is 16.0 Å². The first-order valence-electron chi connectivity index (χ1n) is 7.49. The predicted molar refractivity (Wildman–Crippen MR) is 103 cm³/mol. The van der Waals surface area contributed by atoms with Gasteiger partial charge >= 0.3 is 6.03 Å². The van der Waals surface area contributed by atoms with E-state index in [0.717, 1.165) is 0 Å². The number of benzene rings is 2. The largest absolute Gasteiger partial charge is 0.396 e. The molecule has 132 valence electrons. The number of anilines is 3. The molecule has 2 aromatic rings. The average molecular weight is 381 g/mol. The molecule has 0 aliphatic heterocycles. The van der Waals surface area contributed by atoms with Gasteiger partial charge in [0.2, 0.25) is 0 Å². The van der Waals surface area contributed by atoms with E-state index >= 15 is 0 Å². The number of hydrogen-bond donors (Lipinski definition) is 4. The molecule has 0 bridgehead atoms. The van der Waals surface area contributed by atoms with Gasteiger partial charge in [-0.25, -0.2) is 4.79 Å². The maximum Gasteiger partial charge on any atom is 0.319 e. The molecule has 3 amide bonds. The third-order valence-corrected chi connectivity index (χ3v) is 3.79. The van der Waals surface area contributed by atoms with Crippen LogP contribution in [0.1, 0.15) is 24.2 Å². The summed E-state index contributed by atoms with van der Waals surface area (Å²) in [4.78, 5) is 23.9. The van der Waals surface area contributed by atoms with Crippen LogP contribution in [0.25, 0.3) is 0 Å². The molecule has 0 atom stereocenters. The summed E-state index contributed by atoms with van der Waals surface area (Å²) >= 11 is 11.9. The first-order valence-corrected chi connectivity index (χ1v) is 8.25. The number of urea groups is 1. The van der Waals surface area contributed by atoms with E-state index < -0.39 is 0 Å². The summed E-state index contributed by atoms with van der Waals surface area (Å²) in [6.45, 7) is 3.73. The number of nitrogens with one attached hydrogen (secondary N) is 3. The van der Waals surface area contributed by atoms with Crippen LogP contribution in [-0.2, 0) is 0 Å². The minimum Gasteiger partial charge on any atom is -0.396 e. The van der Waals surface area contributed by atoms with Crippen molar-refractivity contribution in [3.8, 4) is 0 Å². The van der Waals surface area contributed by atoms with E-state index in [4.69, 9.17) is 28.9 Å².